The van der Waals surface area contributed by atoms with E-state index in [1.807, 2.05) is 19.1 Å². The molecular weight excluding hydrogens is 334 g/mol. The second-order valence-corrected chi connectivity index (χ2v) is 5.63. The second kappa shape index (κ2) is 5.21. The monoisotopic (exact) mass is 345 g/mol. The Bertz CT molecular complexity index is 895. The zero-order valence-electron chi connectivity index (χ0n) is 11.2. The van der Waals surface area contributed by atoms with Gasteiger partial charge in [0.2, 0.25) is 0 Å². The average Bonchev–Trinajstić information content (AvgIpc) is 2.77. The van der Waals surface area contributed by atoms with Crippen molar-refractivity contribution in [1.82, 2.24) is 9.97 Å². The van der Waals surface area contributed by atoms with E-state index in [-0.39, 0.29) is 11.6 Å². The van der Waals surface area contributed by atoms with Gasteiger partial charge in [0.25, 0.3) is 5.91 Å². The summed E-state index contributed by atoms with van der Waals surface area (Å²) in [6, 6.07) is 10.7. The standard InChI is InChI=1S/C15H12BrN3O2/c1-8-2-4-10(11(16)6-8)14(20)17-9-3-5-12-13(7-9)19-15(21)18-12/h2-7H,1H3,(H,17,20)(H2,18,19,21). The normalized spacial score (nSPS) is 10.8. The zero-order chi connectivity index (χ0) is 15.0. The molecule has 0 saturated heterocycles. The molecule has 0 unspecified atom stereocenters. The summed E-state index contributed by atoms with van der Waals surface area (Å²) in [5.74, 6) is -0.209. The van der Waals surface area contributed by atoms with Crippen LogP contribution in [0.3, 0.4) is 0 Å². The summed E-state index contributed by atoms with van der Waals surface area (Å²) in [7, 11) is 0. The molecule has 0 radical (unpaired) electrons. The van der Waals surface area contributed by atoms with Gasteiger partial charge in [0.15, 0.2) is 0 Å². The highest BCUT2D eigenvalue weighted by molar-refractivity contribution is 9.10. The lowest BCUT2D eigenvalue weighted by Crippen LogP contribution is -2.12. The number of imidazole rings is 1. The van der Waals surface area contributed by atoms with E-state index in [9.17, 15) is 9.59 Å². The van der Waals surface area contributed by atoms with Crippen LogP contribution in [0.1, 0.15) is 15.9 Å². The largest absolute Gasteiger partial charge is 0.323 e. The van der Waals surface area contributed by atoms with Gasteiger partial charge in [-0.05, 0) is 58.7 Å². The van der Waals surface area contributed by atoms with Crippen molar-refractivity contribution in [2.45, 2.75) is 6.92 Å². The number of carbonyl (C=O) groups is 1. The second-order valence-electron chi connectivity index (χ2n) is 4.78. The number of hydrogen-bond acceptors (Lipinski definition) is 2. The first-order valence-corrected chi connectivity index (χ1v) is 7.12. The van der Waals surface area contributed by atoms with Crippen molar-refractivity contribution in [2.24, 2.45) is 0 Å². The van der Waals surface area contributed by atoms with Crippen molar-refractivity contribution >= 4 is 38.6 Å². The molecule has 0 bridgehead atoms. The molecule has 106 valence electrons. The van der Waals surface area contributed by atoms with Gasteiger partial charge in [0.05, 0.1) is 16.6 Å². The van der Waals surface area contributed by atoms with E-state index in [2.05, 4.69) is 31.2 Å². The first-order valence-electron chi connectivity index (χ1n) is 6.32. The van der Waals surface area contributed by atoms with E-state index >= 15 is 0 Å². The number of rotatable bonds is 2. The van der Waals surface area contributed by atoms with Gasteiger partial charge in [0, 0.05) is 10.2 Å². The minimum Gasteiger partial charge on any atom is -0.322 e. The molecule has 0 atom stereocenters. The fourth-order valence-electron chi connectivity index (χ4n) is 2.11. The number of carbonyl (C=O) groups excluding carboxylic acids is 1. The van der Waals surface area contributed by atoms with Crippen LogP contribution in [0.25, 0.3) is 11.0 Å². The quantitative estimate of drug-likeness (QED) is 0.666. The van der Waals surface area contributed by atoms with Crippen molar-refractivity contribution in [3.8, 4) is 0 Å². The van der Waals surface area contributed by atoms with Crippen molar-refractivity contribution in [3.05, 3.63) is 62.5 Å². The Morgan fingerprint density at radius 1 is 1.10 bits per heavy atom. The van der Waals surface area contributed by atoms with Crippen molar-refractivity contribution < 1.29 is 4.79 Å². The van der Waals surface area contributed by atoms with Crippen LogP contribution in [0, 0.1) is 6.92 Å². The van der Waals surface area contributed by atoms with Gasteiger partial charge in [-0.25, -0.2) is 4.79 Å². The van der Waals surface area contributed by atoms with E-state index in [4.69, 9.17) is 0 Å². The maximum absolute atomic E-state index is 12.3. The number of aromatic amines is 2. The smallest absolute Gasteiger partial charge is 0.322 e. The lowest BCUT2D eigenvalue weighted by molar-refractivity contribution is 0.102. The fourth-order valence-corrected chi connectivity index (χ4v) is 2.79. The molecule has 0 aliphatic heterocycles. The summed E-state index contributed by atoms with van der Waals surface area (Å²) in [6.45, 7) is 1.96. The Kier molecular flexibility index (Phi) is 3.39. The molecule has 1 aromatic heterocycles. The summed E-state index contributed by atoms with van der Waals surface area (Å²) in [4.78, 5) is 28.8. The predicted octanol–water partition coefficient (Wildman–Crippen LogP) is 3.18. The topological polar surface area (TPSA) is 77.8 Å². The number of halogens is 1. The van der Waals surface area contributed by atoms with Crippen LogP contribution in [0.2, 0.25) is 0 Å². The van der Waals surface area contributed by atoms with E-state index < -0.39 is 0 Å². The number of hydrogen-bond donors (Lipinski definition) is 3. The third-order valence-electron chi connectivity index (χ3n) is 3.14. The fraction of sp³-hybridized carbons (Fsp3) is 0.0667. The van der Waals surface area contributed by atoms with Crippen molar-refractivity contribution in [3.63, 3.8) is 0 Å². The number of H-pyrrole nitrogens is 2. The summed E-state index contributed by atoms with van der Waals surface area (Å²) in [6.07, 6.45) is 0. The summed E-state index contributed by atoms with van der Waals surface area (Å²) < 4.78 is 0.746. The Morgan fingerprint density at radius 2 is 1.86 bits per heavy atom. The van der Waals surface area contributed by atoms with Crippen molar-refractivity contribution in [2.75, 3.05) is 5.32 Å². The Labute approximate surface area is 128 Å². The third-order valence-corrected chi connectivity index (χ3v) is 3.80. The number of fused-ring (bicyclic) bond motifs is 1. The number of aromatic nitrogens is 2. The van der Waals surface area contributed by atoms with Crippen LogP contribution in [0.15, 0.2) is 45.7 Å². The SMILES string of the molecule is Cc1ccc(C(=O)Nc2ccc3[nH]c(=O)[nH]c3c2)c(Br)c1. The van der Waals surface area contributed by atoms with Crippen LogP contribution in [0.5, 0.6) is 0 Å². The Hall–Kier alpha value is -2.34. The van der Waals surface area contributed by atoms with Crippen molar-refractivity contribution in [1.29, 1.82) is 0 Å². The predicted molar refractivity (Wildman–Crippen MR) is 85.8 cm³/mol. The number of aryl methyl sites for hydroxylation is 1. The molecule has 1 amide bonds. The van der Waals surface area contributed by atoms with Gasteiger partial charge < -0.3 is 15.3 Å². The van der Waals surface area contributed by atoms with Crippen LogP contribution >= 0.6 is 15.9 Å². The summed E-state index contributed by atoms with van der Waals surface area (Å²) in [5, 5.41) is 2.82. The number of anilines is 1. The molecule has 0 aliphatic rings. The minimum atomic E-state index is -0.269. The highest BCUT2D eigenvalue weighted by atomic mass is 79.9. The first kappa shape index (κ1) is 13.6. The number of amides is 1. The zero-order valence-corrected chi connectivity index (χ0v) is 12.7. The Balaban J connectivity index is 1.90. The van der Waals surface area contributed by atoms with Gasteiger partial charge in [-0.15, -0.1) is 0 Å². The summed E-state index contributed by atoms with van der Waals surface area (Å²) in [5.41, 5.74) is 3.34. The molecule has 0 saturated carbocycles. The summed E-state index contributed by atoms with van der Waals surface area (Å²) >= 11 is 3.39. The van der Waals surface area contributed by atoms with Crippen LogP contribution < -0.4 is 11.0 Å². The van der Waals surface area contributed by atoms with E-state index in [0.717, 1.165) is 10.0 Å². The highest BCUT2D eigenvalue weighted by Gasteiger charge is 2.10. The molecule has 2 aromatic carbocycles. The van der Waals surface area contributed by atoms with Crippen LogP contribution in [-0.2, 0) is 0 Å². The molecule has 3 N–H and O–H groups in total. The molecule has 21 heavy (non-hydrogen) atoms. The molecule has 0 spiro atoms. The van der Waals surface area contributed by atoms with Gasteiger partial charge >= 0.3 is 5.69 Å². The van der Waals surface area contributed by atoms with Crippen LogP contribution in [-0.4, -0.2) is 15.9 Å². The van der Waals surface area contributed by atoms with Gasteiger partial charge in [0.1, 0.15) is 0 Å². The molecule has 3 rings (SSSR count). The maximum Gasteiger partial charge on any atom is 0.323 e. The van der Waals surface area contributed by atoms with E-state index in [1.54, 1.807) is 24.3 Å². The van der Waals surface area contributed by atoms with Crippen LogP contribution in [0.4, 0.5) is 5.69 Å². The average molecular weight is 346 g/mol. The minimum absolute atomic E-state index is 0.209. The lowest BCUT2D eigenvalue weighted by atomic mass is 10.1. The van der Waals surface area contributed by atoms with Gasteiger partial charge in [-0.1, -0.05) is 6.07 Å². The van der Waals surface area contributed by atoms with E-state index in [0.29, 0.717) is 22.3 Å². The van der Waals surface area contributed by atoms with Gasteiger partial charge in [-0.2, -0.15) is 0 Å². The number of nitrogens with one attached hydrogen (secondary N) is 3. The third kappa shape index (κ3) is 2.75. The highest BCUT2D eigenvalue weighted by Crippen LogP contribution is 2.21. The molecule has 1 heterocycles. The molecule has 0 aliphatic carbocycles. The van der Waals surface area contributed by atoms with Gasteiger partial charge in [-0.3, -0.25) is 4.79 Å². The molecule has 5 nitrogen and oxygen atoms in total. The number of benzene rings is 2. The van der Waals surface area contributed by atoms with E-state index in [1.165, 1.54) is 0 Å². The lowest BCUT2D eigenvalue weighted by Gasteiger charge is -2.07. The Morgan fingerprint density at radius 3 is 2.62 bits per heavy atom. The molecular formula is C15H12BrN3O2. The molecule has 6 heteroatoms. The molecule has 3 aromatic rings. The maximum atomic E-state index is 12.3. The first-order chi connectivity index (χ1) is 10.0. The molecule has 0 fully saturated rings.